The minimum Gasteiger partial charge on any atom is -0.387 e. The standard InChI is InChI=1S/C10H16ClN2O15P3/c1-13-8(11)4(9(16)12-10(13)17)7-6(15)5(14)3(26-7)2-25-30(21,22)28-31(23,24)27-29(18,19)20/h3,5-7,14-15H,2H2,1H3,(H,21,22)(H,23,24)(H,12,16,17)(H2,18,19,20)/t3-,5-,6-,7+/m1/s1. The van der Waals surface area contributed by atoms with Crippen molar-refractivity contribution < 1.29 is 61.4 Å². The monoisotopic (exact) mass is 532 g/mol. The van der Waals surface area contributed by atoms with Gasteiger partial charge in [0.15, 0.2) is 0 Å². The molecule has 6 atom stereocenters. The van der Waals surface area contributed by atoms with Crippen molar-refractivity contribution in [1.29, 1.82) is 0 Å². The largest absolute Gasteiger partial charge is 0.490 e. The minimum atomic E-state index is -5.76. The van der Waals surface area contributed by atoms with E-state index in [4.69, 9.17) is 31.0 Å². The molecule has 0 radical (unpaired) electrons. The number of nitrogens with one attached hydrogen (secondary N) is 1. The lowest BCUT2D eigenvalue weighted by molar-refractivity contribution is -0.0228. The number of aliphatic hydroxyl groups excluding tert-OH is 2. The number of H-pyrrole nitrogens is 1. The van der Waals surface area contributed by atoms with Crippen LogP contribution in [0.15, 0.2) is 9.59 Å². The van der Waals surface area contributed by atoms with Gasteiger partial charge in [-0.15, -0.1) is 0 Å². The molecule has 2 rings (SSSR count). The van der Waals surface area contributed by atoms with Gasteiger partial charge in [-0.3, -0.25) is 18.9 Å². The fourth-order valence-corrected chi connectivity index (χ4v) is 5.75. The lowest BCUT2D eigenvalue weighted by Gasteiger charge is -2.19. The van der Waals surface area contributed by atoms with Crippen molar-refractivity contribution >= 4 is 35.1 Å². The number of aromatic nitrogens is 2. The molecule has 2 unspecified atom stereocenters. The topological polar surface area (TPSA) is 264 Å². The van der Waals surface area contributed by atoms with Crippen molar-refractivity contribution in [1.82, 2.24) is 9.55 Å². The number of aliphatic hydroxyl groups is 2. The number of nitrogens with zero attached hydrogens (tertiary/aromatic N) is 1. The Balaban J connectivity index is 2.15. The van der Waals surface area contributed by atoms with E-state index in [2.05, 4.69) is 13.1 Å². The molecule has 1 aromatic heterocycles. The molecule has 21 heteroatoms. The summed E-state index contributed by atoms with van der Waals surface area (Å²) in [6, 6.07) is 0. The van der Waals surface area contributed by atoms with Crippen LogP contribution in [-0.4, -0.2) is 64.3 Å². The Morgan fingerprint density at radius 3 is 2.19 bits per heavy atom. The Bertz CT molecular complexity index is 1100. The molecule has 178 valence electrons. The van der Waals surface area contributed by atoms with Crippen molar-refractivity contribution in [3.8, 4) is 0 Å². The second-order valence-electron chi connectivity index (χ2n) is 5.99. The van der Waals surface area contributed by atoms with E-state index in [0.717, 1.165) is 4.57 Å². The second-order valence-corrected chi connectivity index (χ2v) is 10.8. The van der Waals surface area contributed by atoms with E-state index in [-0.39, 0.29) is 0 Å². The first-order valence-electron chi connectivity index (χ1n) is 7.73. The summed E-state index contributed by atoms with van der Waals surface area (Å²) in [6.45, 7) is -1.08. The van der Waals surface area contributed by atoms with Crippen LogP contribution < -0.4 is 11.2 Å². The molecule has 0 bridgehead atoms. The van der Waals surface area contributed by atoms with Gasteiger partial charge in [0.25, 0.3) is 5.56 Å². The van der Waals surface area contributed by atoms with Gasteiger partial charge < -0.3 is 34.5 Å². The Hall–Kier alpha value is -0.740. The van der Waals surface area contributed by atoms with Crippen LogP contribution in [0.2, 0.25) is 5.15 Å². The lowest BCUT2D eigenvalue weighted by atomic mass is 10.0. The van der Waals surface area contributed by atoms with Crippen LogP contribution in [0, 0.1) is 0 Å². The maximum atomic E-state index is 12.0. The smallest absolute Gasteiger partial charge is 0.387 e. The van der Waals surface area contributed by atoms with E-state index in [9.17, 15) is 38.4 Å². The van der Waals surface area contributed by atoms with E-state index >= 15 is 0 Å². The highest BCUT2D eigenvalue weighted by atomic mass is 35.5. The second kappa shape index (κ2) is 9.25. The number of halogens is 1. The molecule has 1 aliphatic heterocycles. The molecule has 1 saturated heterocycles. The predicted octanol–water partition coefficient (Wildman–Crippen LogP) is -1.77. The maximum absolute atomic E-state index is 12.0. The van der Waals surface area contributed by atoms with Crippen LogP contribution in [0.5, 0.6) is 0 Å². The Morgan fingerprint density at radius 2 is 1.65 bits per heavy atom. The number of rotatable bonds is 8. The predicted molar refractivity (Wildman–Crippen MR) is 96.8 cm³/mol. The molecule has 0 amide bonds. The van der Waals surface area contributed by atoms with Gasteiger partial charge in [0, 0.05) is 7.05 Å². The highest BCUT2D eigenvalue weighted by molar-refractivity contribution is 7.66. The summed E-state index contributed by atoms with van der Waals surface area (Å²) in [5, 5.41) is 19.8. The van der Waals surface area contributed by atoms with Crippen molar-refractivity contribution in [2.24, 2.45) is 7.05 Å². The van der Waals surface area contributed by atoms with Crippen molar-refractivity contribution in [2.75, 3.05) is 6.61 Å². The van der Waals surface area contributed by atoms with Gasteiger partial charge >= 0.3 is 29.2 Å². The molecule has 7 N–H and O–H groups in total. The summed E-state index contributed by atoms with van der Waals surface area (Å²) in [5.74, 6) is 0. The zero-order valence-electron chi connectivity index (χ0n) is 15.0. The summed E-state index contributed by atoms with van der Waals surface area (Å²) in [6.07, 6.45) is -6.92. The summed E-state index contributed by atoms with van der Waals surface area (Å²) < 4.78 is 51.0. The Morgan fingerprint density at radius 1 is 1.06 bits per heavy atom. The van der Waals surface area contributed by atoms with E-state index in [0.29, 0.717) is 0 Å². The fraction of sp³-hybridized carbons (Fsp3) is 0.600. The normalized spacial score (nSPS) is 28.3. The Kier molecular flexibility index (Phi) is 7.91. The van der Waals surface area contributed by atoms with Crippen LogP contribution in [0.4, 0.5) is 0 Å². The average molecular weight is 533 g/mol. The van der Waals surface area contributed by atoms with Crippen molar-refractivity contribution in [3.05, 3.63) is 31.6 Å². The molecule has 2 heterocycles. The SMILES string of the molecule is Cn1c(Cl)c([C@@H]2O[C@H](COP(=O)(O)OP(=O)(O)OP(=O)(O)O)[C@@H](O)[C@H]2O)c(=O)[nH]c1=O. The number of phosphoric ester groups is 1. The third-order valence-electron chi connectivity index (χ3n) is 3.75. The molecule has 0 aromatic carbocycles. The fourth-order valence-electron chi connectivity index (χ4n) is 2.45. The number of hydrogen-bond acceptors (Lipinski definition) is 11. The average Bonchev–Trinajstić information content (AvgIpc) is 2.83. The van der Waals surface area contributed by atoms with E-state index < -0.39 is 76.5 Å². The third kappa shape index (κ3) is 6.63. The van der Waals surface area contributed by atoms with Gasteiger partial charge in [-0.25, -0.2) is 18.5 Å². The maximum Gasteiger partial charge on any atom is 0.490 e. The first-order valence-corrected chi connectivity index (χ1v) is 12.6. The van der Waals surface area contributed by atoms with Gasteiger partial charge in [-0.1, -0.05) is 11.6 Å². The van der Waals surface area contributed by atoms with Gasteiger partial charge in [0.1, 0.15) is 29.6 Å². The van der Waals surface area contributed by atoms with Crippen LogP contribution >= 0.6 is 35.1 Å². The van der Waals surface area contributed by atoms with Crippen molar-refractivity contribution in [3.63, 3.8) is 0 Å². The molecule has 17 nitrogen and oxygen atoms in total. The minimum absolute atomic E-state index is 0.432. The quantitative estimate of drug-likeness (QED) is 0.144. The number of aromatic amines is 1. The molecule has 1 aliphatic rings. The molecule has 0 aliphatic carbocycles. The zero-order valence-corrected chi connectivity index (χ0v) is 18.5. The highest BCUT2D eigenvalue weighted by Crippen LogP contribution is 2.66. The van der Waals surface area contributed by atoms with Crippen LogP contribution in [-0.2, 0) is 38.6 Å². The summed E-state index contributed by atoms with van der Waals surface area (Å²) in [7, 11) is -15.7. The van der Waals surface area contributed by atoms with E-state index in [1.165, 1.54) is 7.05 Å². The Labute approximate surface area is 176 Å². The third-order valence-corrected chi connectivity index (χ3v) is 8.01. The van der Waals surface area contributed by atoms with Crippen LogP contribution in [0.3, 0.4) is 0 Å². The van der Waals surface area contributed by atoms with Gasteiger partial charge in [0.05, 0.1) is 12.2 Å². The highest BCUT2D eigenvalue weighted by Gasteiger charge is 2.47. The molecular formula is C10H16ClN2O15P3. The molecule has 0 saturated carbocycles. The van der Waals surface area contributed by atoms with E-state index in [1.807, 2.05) is 4.98 Å². The van der Waals surface area contributed by atoms with Gasteiger partial charge in [0.2, 0.25) is 0 Å². The number of phosphoric acid groups is 3. The molecule has 0 spiro atoms. The van der Waals surface area contributed by atoms with Crippen LogP contribution in [0.25, 0.3) is 0 Å². The molecule has 1 aromatic rings. The van der Waals surface area contributed by atoms with E-state index in [1.54, 1.807) is 0 Å². The number of hydrogen-bond donors (Lipinski definition) is 7. The lowest BCUT2D eigenvalue weighted by Crippen LogP contribution is -2.36. The molecule has 1 fully saturated rings. The first-order chi connectivity index (χ1) is 13.9. The van der Waals surface area contributed by atoms with Gasteiger partial charge in [-0.2, -0.15) is 8.62 Å². The zero-order chi connectivity index (χ0) is 23.9. The first kappa shape index (κ1) is 26.5. The van der Waals surface area contributed by atoms with Crippen molar-refractivity contribution in [2.45, 2.75) is 24.4 Å². The summed E-state index contributed by atoms with van der Waals surface area (Å²) >= 11 is 5.92. The van der Waals surface area contributed by atoms with Crippen LogP contribution in [0.1, 0.15) is 11.7 Å². The molecule has 31 heavy (non-hydrogen) atoms. The van der Waals surface area contributed by atoms with Gasteiger partial charge in [-0.05, 0) is 0 Å². The summed E-state index contributed by atoms with van der Waals surface area (Å²) in [4.78, 5) is 60.9. The molecular weight excluding hydrogens is 516 g/mol. The summed E-state index contributed by atoms with van der Waals surface area (Å²) in [5.41, 5.74) is -2.37. The number of ether oxygens (including phenoxy) is 1.